The second kappa shape index (κ2) is 7.97. The van der Waals surface area contributed by atoms with E-state index in [2.05, 4.69) is 10.4 Å². The Bertz CT molecular complexity index is 606. The van der Waals surface area contributed by atoms with Crippen LogP contribution in [0.4, 0.5) is 0 Å². The van der Waals surface area contributed by atoms with Crippen LogP contribution in [0.15, 0.2) is 42.7 Å². The highest BCUT2D eigenvalue weighted by molar-refractivity contribution is 5.89. The zero-order chi connectivity index (χ0) is 15.8. The van der Waals surface area contributed by atoms with Crippen molar-refractivity contribution in [2.24, 2.45) is 0 Å². The Morgan fingerprint density at radius 3 is 2.68 bits per heavy atom. The average molecular weight is 301 g/mol. The largest absolute Gasteiger partial charge is 0.462 e. The van der Waals surface area contributed by atoms with E-state index in [9.17, 15) is 9.59 Å². The maximum Gasteiger partial charge on any atom is 0.338 e. The summed E-state index contributed by atoms with van der Waals surface area (Å²) in [6.45, 7) is 2.91. The van der Waals surface area contributed by atoms with Crippen molar-refractivity contribution in [1.82, 2.24) is 15.1 Å². The molecule has 1 aromatic carbocycles. The molecule has 0 unspecified atom stereocenters. The third kappa shape index (κ3) is 5.05. The molecule has 116 valence electrons. The SMILES string of the molecule is CC(=O)NCCCOC(=O)c1ccc(Cn2cccn2)cc1. The minimum Gasteiger partial charge on any atom is -0.462 e. The van der Waals surface area contributed by atoms with Gasteiger partial charge < -0.3 is 10.1 Å². The van der Waals surface area contributed by atoms with Crippen molar-refractivity contribution in [3.8, 4) is 0 Å². The highest BCUT2D eigenvalue weighted by Crippen LogP contribution is 2.07. The number of carbonyl (C=O) groups is 2. The summed E-state index contributed by atoms with van der Waals surface area (Å²) in [7, 11) is 0. The lowest BCUT2D eigenvalue weighted by molar-refractivity contribution is -0.118. The fraction of sp³-hybridized carbons (Fsp3) is 0.312. The van der Waals surface area contributed by atoms with Crippen molar-refractivity contribution in [1.29, 1.82) is 0 Å². The molecule has 0 atom stereocenters. The molecule has 0 aliphatic heterocycles. The van der Waals surface area contributed by atoms with Crippen LogP contribution in [0.1, 0.15) is 29.3 Å². The van der Waals surface area contributed by atoms with Gasteiger partial charge in [0.05, 0.1) is 18.7 Å². The van der Waals surface area contributed by atoms with Crippen LogP contribution in [0.5, 0.6) is 0 Å². The number of carbonyl (C=O) groups excluding carboxylic acids is 2. The molecule has 0 saturated carbocycles. The van der Waals surface area contributed by atoms with E-state index in [0.29, 0.717) is 25.1 Å². The van der Waals surface area contributed by atoms with Crippen LogP contribution in [0.25, 0.3) is 0 Å². The quantitative estimate of drug-likeness (QED) is 0.623. The molecule has 0 radical (unpaired) electrons. The number of nitrogens with zero attached hydrogens (tertiary/aromatic N) is 2. The van der Waals surface area contributed by atoms with Gasteiger partial charge in [-0.1, -0.05) is 12.1 Å². The fourth-order valence-corrected chi connectivity index (χ4v) is 1.91. The van der Waals surface area contributed by atoms with Gasteiger partial charge in [0.1, 0.15) is 0 Å². The molecule has 0 saturated heterocycles. The van der Waals surface area contributed by atoms with Crippen LogP contribution in [0.3, 0.4) is 0 Å². The molecule has 0 spiro atoms. The van der Waals surface area contributed by atoms with Crippen molar-refractivity contribution < 1.29 is 14.3 Å². The van der Waals surface area contributed by atoms with E-state index >= 15 is 0 Å². The van der Waals surface area contributed by atoms with Gasteiger partial charge in [-0.15, -0.1) is 0 Å². The molecular formula is C16H19N3O3. The first-order valence-corrected chi connectivity index (χ1v) is 7.13. The summed E-state index contributed by atoms with van der Waals surface area (Å²) in [5, 5.41) is 6.78. The Kier molecular flexibility index (Phi) is 5.71. The third-order valence-corrected chi connectivity index (χ3v) is 3.02. The van der Waals surface area contributed by atoms with Gasteiger partial charge >= 0.3 is 5.97 Å². The molecule has 1 heterocycles. The van der Waals surface area contributed by atoms with Crippen LogP contribution in [-0.2, 0) is 16.1 Å². The number of ether oxygens (including phenoxy) is 1. The molecule has 2 rings (SSSR count). The number of aromatic nitrogens is 2. The van der Waals surface area contributed by atoms with E-state index in [1.54, 1.807) is 18.3 Å². The first kappa shape index (κ1) is 15.8. The standard InChI is InChI=1S/C16H19N3O3/c1-13(20)17-8-3-11-22-16(21)15-6-4-14(5-7-15)12-19-10-2-9-18-19/h2,4-7,9-10H,3,8,11-12H2,1H3,(H,17,20). The maximum atomic E-state index is 11.8. The Morgan fingerprint density at radius 2 is 2.05 bits per heavy atom. The topological polar surface area (TPSA) is 73.2 Å². The zero-order valence-corrected chi connectivity index (χ0v) is 12.5. The van der Waals surface area contributed by atoms with E-state index in [0.717, 1.165) is 5.56 Å². The summed E-state index contributed by atoms with van der Waals surface area (Å²) in [6, 6.07) is 9.13. The number of benzene rings is 1. The summed E-state index contributed by atoms with van der Waals surface area (Å²) in [5.74, 6) is -0.437. The molecule has 0 fully saturated rings. The number of hydrogen-bond donors (Lipinski definition) is 1. The highest BCUT2D eigenvalue weighted by Gasteiger charge is 2.07. The Labute approximate surface area is 129 Å². The summed E-state index contributed by atoms with van der Waals surface area (Å²) < 4.78 is 6.96. The Balaban J connectivity index is 1.77. The van der Waals surface area contributed by atoms with E-state index in [-0.39, 0.29) is 18.5 Å². The minimum absolute atomic E-state index is 0.0842. The summed E-state index contributed by atoms with van der Waals surface area (Å²) >= 11 is 0. The van der Waals surface area contributed by atoms with Gasteiger partial charge in [-0.2, -0.15) is 5.10 Å². The second-order valence-electron chi connectivity index (χ2n) is 4.87. The van der Waals surface area contributed by atoms with Gasteiger partial charge in [0, 0.05) is 25.9 Å². The Morgan fingerprint density at radius 1 is 1.27 bits per heavy atom. The number of rotatable bonds is 7. The molecule has 1 amide bonds. The third-order valence-electron chi connectivity index (χ3n) is 3.02. The predicted molar refractivity (Wildman–Crippen MR) is 81.4 cm³/mol. The van der Waals surface area contributed by atoms with E-state index in [4.69, 9.17) is 4.74 Å². The van der Waals surface area contributed by atoms with Crippen molar-refractivity contribution >= 4 is 11.9 Å². The first-order valence-electron chi connectivity index (χ1n) is 7.13. The smallest absolute Gasteiger partial charge is 0.338 e. The van der Waals surface area contributed by atoms with Crippen LogP contribution < -0.4 is 5.32 Å². The number of esters is 1. The molecule has 0 aliphatic carbocycles. The van der Waals surface area contributed by atoms with Crippen molar-refractivity contribution in [3.63, 3.8) is 0 Å². The summed E-state index contributed by atoms with van der Waals surface area (Å²) in [4.78, 5) is 22.5. The lowest BCUT2D eigenvalue weighted by Crippen LogP contribution is -2.22. The zero-order valence-electron chi connectivity index (χ0n) is 12.5. The molecular weight excluding hydrogens is 282 g/mol. The predicted octanol–water partition coefficient (Wildman–Crippen LogP) is 1.61. The lowest BCUT2D eigenvalue weighted by atomic mass is 10.1. The molecule has 0 bridgehead atoms. The van der Waals surface area contributed by atoms with E-state index in [1.165, 1.54) is 6.92 Å². The normalized spacial score (nSPS) is 10.2. The number of hydrogen-bond acceptors (Lipinski definition) is 4. The Hall–Kier alpha value is -2.63. The molecule has 6 nitrogen and oxygen atoms in total. The molecule has 22 heavy (non-hydrogen) atoms. The van der Waals surface area contributed by atoms with Gasteiger partial charge in [-0.25, -0.2) is 4.79 Å². The van der Waals surface area contributed by atoms with Crippen LogP contribution in [0.2, 0.25) is 0 Å². The monoisotopic (exact) mass is 301 g/mol. The first-order chi connectivity index (χ1) is 10.6. The van der Waals surface area contributed by atoms with Crippen molar-refractivity contribution in [2.75, 3.05) is 13.2 Å². The molecule has 1 aromatic heterocycles. The average Bonchev–Trinajstić information content (AvgIpc) is 3.00. The molecule has 1 N–H and O–H groups in total. The minimum atomic E-state index is -0.353. The van der Waals surface area contributed by atoms with Crippen molar-refractivity contribution in [3.05, 3.63) is 53.9 Å². The van der Waals surface area contributed by atoms with Gasteiger partial charge in [0.15, 0.2) is 0 Å². The van der Waals surface area contributed by atoms with Crippen LogP contribution in [-0.4, -0.2) is 34.8 Å². The van der Waals surface area contributed by atoms with Crippen LogP contribution >= 0.6 is 0 Å². The fourth-order valence-electron chi connectivity index (χ4n) is 1.91. The maximum absolute atomic E-state index is 11.8. The number of amides is 1. The van der Waals surface area contributed by atoms with Gasteiger partial charge in [0.25, 0.3) is 0 Å². The van der Waals surface area contributed by atoms with E-state index in [1.807, 2.05) is 29.1 Å². The molecule has 6 heteroatoms. The van der Waals surface area contributed by atoms with Gasteiger partial charge in [0.2, 0.25) is 5.91 Å². The number of nitrogens with one attached hydrogen (secondary N) is 1. The summed E-state index contributed by atoms with van der Waals surface area (Å²) in [5.41, 5.74) is 1.58. The molecule has 0 aliphatic rings. The van der Waals surface area contributed by atoms with Crippen molar-refractivity contribution in [2.45, 2.75) is 19.9 Å². The molecule has 2 aromatic rings. The van der Waals surface area contributed by atoms with Gasteiger partial charge in [-0.3, -0.25) is 9.48 Å². The summed E-state index contributed by atoms with van der Waals surface area (Å²) in [6.07, 6.45) is 4.21. The lowest BCUT2D eigenvalue weighted by Gasteiger charge is -2.06. The van der Waals surface area contributed by atoms with E-state index < -0.39 is 0 Å². The van der Waals surface area contributed by atoms with Crippen LogP contribution in [0, 0.1) is 0 Å². The van der Waals surface area contributed by atoms with Gasteiger partial charge in [-0.05, 0) is 30.2 Å². The highest BCUT2D eigenvalue weighted by atomic mass is 16.5. The second-order valence-corrected chi connectivity index (χ2v) is 4.87.